The normalized spacial score (nSPS) is 21.4. The first kappa shape index (κ1) is 10.6. The number of benzene rings is 1. The van der Waals surface area contributed by atoms with Gasteiger partial charge in [0.05, 0.1) is 6.54 Å². The van der Waals surface area contributed by atoms with Crippen LogP contribution in [0.1, 0.15) is 25.7 Å². The van der Waals surface area contributed by atoms with E-state index in [1.54, 1.807) is 0 Å². The average Bonchev–Trinajstić information content (AvgIpc) is 2.85. The second-order valence-corrected chi connectivity index (χ2v) is 4.80. The van der Waals surface area contributed by atoms with Crippen LogP contribution in [0.25, 0.3) is 11.1 Å². The first-order valence-electron chi connectivity index (χ1n) is 6.11. The van der Waals surface area contributed by atoms with Gasteiger partial charge in [-0.15, -0.1) is 0 Å². The van der Waals surface area contributed by atoms with Crippen LogP contribution in [0.5, 0.6) is 0 Å². The maximum Gasteiger partial charge on any atom is 0.209 e. The Balaban J connectivity index is 1.85. The molecule has 1 aromatic heterocycles. The summed E-state index contributed by atoms with van der Waals surface area (Å²) >= 11 is 0. The minimum atomic E-state index is 0.634. The van der Waals surface area contributed by atoms with Crippen LogP contribution in [0.3, 0.4) is 0 Å². The van der Waals surface area contributed by atoms with Gasteiger partial charge in [0.1, 0.15) is 5.52 Å². The van der Waals surface area contributed by atoms with E-state index in [2.05, 4.69) is 16.8 Å². The zero-order chi connectivity index (χ0) is 11.8. The summed E-state index contributed by atoms with van der Waals surface area (Å²) in [7, 11) is 0. The molecule has 1 aliphatic heterocycles. The number of anilines is 1. The van der Waals surface area contributed by atoms with Gasteiger partial charge in [0.2, 0.25) is 5.89 Å². The Morgan fingerprint density at radius 1 is 1.53 bits per heavy atom. The molecule has 0 unspecified atom stereocenters. The molecule has 2 heterocycles. The van der Waals surface area contributed by atoms with Crippen molar-refractivity contribution < 1.29 is 4.42 Å². The van der Waals surface area contributed by atoms with Gasteiger partial charge in [0.15, 0.2) is 5.58 Å². The molecular weight excluding hydrogens is 214 g/mol. The molecule has 2 aromatic rings. The van der Waals surface area contributed by atoms with Crippen LogP contribution in [0, 0.1) is 0 Å². The van der Waals surface area contributed by atoms with Gasteiger partial charge in [-0.1, -0.05) is 0 Å². The van der Waals surface area contributed by atoms with Crippen molar-refractivity contribution in [3.05, 3.63) is 24.1 Å². The topological polar surface area (TPSA) is 55.3 Å². The Morgan fingerprint density at radius 2 is 2.41 bits per heavy atom. The van der Waals surface area contributed by atoms with Crippen LogP contribution < -0.4 is 5.73 Å². The van der Waals surface area contributed by atoms with E-state index in [0.717, 1.165) is 35.8 Å². The number of aromatic nitrogens is 1. The molecule has 4 nitrogen and oxygen atoms in total. The van der Waals surface area contributed by atoms with E-state index >= 15 is 0 Å². The molecule has 1 aromatic carbocycles. The van der Waals surface area contributed by atoms with Gasteiger partial charge in [0, 0.05) is 11.7 Å². The predicted octanol–water partition coefficient (Wildman–Crippen LogP) is 2.39. The van der Waals surface area contributed by atoms with Gasteiger partial charge >= 0.3 is 0 Å². The molecule has 1 atom stereocenters. The molecule has 1 saturated heterocycles. The van der Waals surface area contributed by atoms with E-state index in [4.69, 9.17) is 10.2 Å². The van der Waals surface area contributed by atoms with Crippen molar-refractivity contribution in [3.63, 3.8) is 0 Å². The number of nitrogen functional groups attached to an aromatic ring is 1. The van der Waals surface area contributed by atoms with Gasteiger partial charge in [-0.3, -0.25) is 4.90 Å². The van der Waals surface area contributed by atoms with Gasteiger partial charge in [-0.05, 0) is 44.5 Å². The molecule has 2 N–H and O–H groups in total. The third kappa shape index (κ3) is 2.00. The molecule has 0 radical (unpaired) electrons. The van der Waals surface area contributed by atoms with E-state index in [9.17, 15) is 0 Å². The Morgan fingerprint density at radius 3 is 3.18 bits per heavy atom. The molecule has 1 aliphatic rings. The van der Waals surface area contributed by atoms with Crippen molar-refractivity contribution >= 4 is 16.8 Å². The van der Waals surface area contributed by atoms with Crippen LogP contribution in [0.4, 0.5) is 5.69 Å². The van der Waals surface area contributed by atoms with Crippen LogP contribution in [-0.2, 0) is 6.54 Å². The fourth-order valence-electron chi connectivity index (χ4n) is 2.46. The predicted molar refractivity (Wildman–Crippen MR) is 67.5 cm³/mol. The lowest BCUT2D eigenvalue weighted by atomic mass is 10.2. The summed E-state index contributed by atoms with van der Waals surface area (Å²) in [6.45, 7) is 4.20. The molecule has 0 aliphatic carbocycles. The number of nitrogens with zero attached hydrogens (tertiary/aromatic N) is 2. The Hall–Kier alpha value is -1.55. The highest BCUT2D eigenvalue weighted by Gasteiger charge is 2.22. The lowest BCUT2D eigenvalue weighted by molar-refractivity contribution is 0.236. The molecule has 90 valence electrons. The lowest BCUT2D eigenvalue weighted by Crippen LogP contribution is -2.26. The van der Waals surface area contributed by atoms with Crippen molar-refractivity contribution in [2.24, 2.45) is 0 Å². The summed E-state index contributed by atoms with van der Waals surface area (Å²) in [5.41, 5.74) is 8.13. The molecule has 17 heavy (non-hydrogen) atoms. The number of hydrogen-bond donors (Lipinski definition) is 1. The summed E-state index contributed by atoms with van der Waals surface area (Å²) in [6, 6.07) is 6.22. The van der Waals surface area contributed by atoms with Crippen molar-refractivity contribution in [2.75, 3.05) is 12.3 Å². The third-order valence-electron chi connectivity index (χ3n) is 3.48. The molecule has 0 saturated carbocycles. The summed E-state index contributed by atoms with van der Waals surface area (Å²) < 4.78 is 5.72. The molecule has 0 amide bonds. The van der Waals surface area contributed by atoms with E-state index in [1.165, 1.54) is 12.8 Å². The van der Waals surface area contributed by atoms with Crippen molar-refractivity contribution in [3.8, 4) is 0 Å². The highest BCUT2D eigenvalue weighted by atomic mass is 16.3. The molecule has 3 rings (SSSR count). The maximum absolute atomic E-state index is 5.73. The van der Waals surface area contributed by atoms with Crippen molar-refractivity contribution in [1.29, 1.82) is 0 Å². The van der Waals surface area contributed by atoms with Gasteiger partial charge in [-0.25, -0.2) is 4.98 Å². The number of rotatable bonds is 2. The summed E-state index contributed by atoms with van der Waals surface area (Å²) in [5, 5.41) is 0. The van der Waals surface area contributed by atoms with E-state index in [0.29, 0.717) is 6.04 Å². The lowest BCUT2D eigenvalue weighted by Gasteiger charge is -2.18. The Kier molecular flexibility index (Phi) is 2.52. The number of likely N-dealkylation sites (tertiary alicyclic amines) is 1. The minimum absolute atomic E-state index is 0.634. The van der Waals surface area contributed by atoms with Crippen LogP contribution in [0.15, 0.2) is 22.6 Å². The average molecular weight is 231 g/mol. The molecule has 0 bridgehead atoms. The zero-order valence-corrected chi connectivity index (χ0v) is 10.0. The summed E-state index contributed by atoms with van der Waals surface area (Å²) in [5.74, 6) is 0.791. The first-order chi connectivity index (χ1) is 8.22. The number of hydrogen-bond acceptors (Lipinski definition) is 4. The fraction of sp³-hybridized carbons (Fsp3) is 0.462. The van der Waals surface area contributed by atoms with Crippen molar-refractivity contribution in [2.45, 2.75) is 32.4 Å². The SMILES string of the molecule is C[C@H]1CCCN1Cc1nc2cc(N)ccc2o1. The monoisotopic (exact) mass is 231 g/mol. The van der Waals surface area contributed by atoms with Crippen LogP contribution >= 0.6 is 0 Å². The largest absolute Gasteiger partial charge is 0.439 e. The quantitative estimate of drug-likeness (QED) is 0.806. The highest BCUT2D eigenvalue weighted by molar-refractivity contribution is 5.76. The maximum atomic E-state index is 5.73. The third-order valence-corrected chi connectivity index (χ3v) is 3.48. The Labute approximate surface area is 100 Å². The fourth-order valence-corrected chi connectivity index (χ4v) is 2.46. The number of nitrogens with two attached hydrogens (primary N) is 1. The van der Waals surface area contributed by atoms with E-state index in [1.807, 2.05) is 18.2 Å². The van der Waals surface area contributed by atoms with Gasteiger partial charge < -0.3 is 10.2 Å². The standard InChI is InChI=1S/C13H17N3O/c1-9-3-2-6-16(9)8-13-15-11-7-10(14)4-5-12(11)17-13/h4-5,7,9H,2-3,6,8,14H2,1H3/t9-/m0/s1. The van der Waals surface area contributed by atoms with E-state index in [-0.39, 0.29) is 0 Å². The van der Waals surface area contributed by atoms with Crippen LogP contribution in [0.2, 0.25) is 0 Å². The first-order valence-corrected chi connectivity index (χ1v) is 6.11. The van der Waals surface area contributed by atoms with Crippen molar-refractivity contribution in [1.82, 2.24) is 9.88 Å². The zero-order valence-electron chi connectivity index (χ0n) is 10.0. The smallest absolute Gasteiger partial charge is 0.209 e. The summed E-state index contributed by atoms with van der Waals surface area (Å²) in [4.78, 5) is 6.89. The van der Waals surface area contributed by atoms with Gasteiger partial charge in [-0.2, -0.15) is 0 Å². The number of oxazole rings is 1. The molecule has 1 fully saturated rings. The Bertz CT molecular complexity index is 534. The second kappa shape index (κ2) is 4.04. The van der Waals surface area contributed by atoms with Crippen LogP contribution in [-0.4, -0.2) is 22.5 Å². The molecular formula is C13H17N3O. The molecule has 4 heteroatoms. The van der Waals surface area contributed by atoms with Gasteiger partial charge in [0.25, 0.3) is 0 Å². The highest BCUT2D eigenvalue weighted by Crippen LogP contribution is 2.22. The second-order valence-electron chi connectivity index (χ2n) is 4.80. The number of fused-ring (bicyclic) bond motifs is 1. The van der Waals surface area contributed by atoms with E-state index < -0.39 is 0 Å². The summed E-state index contributed by atoms with van der Waals surface area (Å²) in [6.07, 6.45) is 2.54. The minimum Gasteiger partial charge on any atom is -0.439 e. The molecule has 0 spiro atoms.